The van der Waals surface area contributed by atoms with Gasteiger partial charge in [0, 0.05) is 18.1 Å². The number of fused-ring (bicyclic) bond motifs is 1. The number of hydrogen-bond acceptors (Lipinski definition) is 4. The lowest BCUT2D eigenvalue weighted by molar-refractivity contribution is 0.414. The molecular weight excluding hydrogens is 350 g/mol. The Kier molecular flexibility index (Phi) is 4.87. The Balaban J connectivity index is 2.29. The molecule has 0 saturated heterocycles. The summed E-state index contributed by atoms with van der Waals surface area (Å²) < 4.78 is 33.0. The summed E-state index contributed by atoms with van der Waals surface area (Å²) in [4.78, 5) is 12.9. The second-order valence-electron chi connectivity index (χ2n) is 5.99. The van der Waals surface area contributed by atoms with Crippen LogP contribution in [0.25, 0.3) is 10.9 Å². The molecule has 0 bridgehead atoms. The van der Waals surface area contributed by atoms with Crippen LogP contribution in [0.4, 0.5) is 0 Å². The first kappa shape index (κ1) is 18.2. The van der Waals surface area contributed by atoms with Crippen LogP contribution in [0.3, 0.4) is 0 Å². The minimum absolute atomic E-state index is 0.0732. The quantitative estimate of drug-likeness (QED) is 0.689. The molecule has 0 aliphatic rings. The predicted molar refractivity (Wildman–Crippen MR) is 102 cm³/mol. The fourth-order valence-electron chi connectivity index (χ4n) is 2.97. The van der Waals surface area contributed by atoms with Crippen molar-refractivity contribution in [3.8, 4) is 5.75 Å². The minimum atomic E-state index is -3.93. The van der Waals surface area contributed by atoms with Gasteiger partial charge in [-0.1, -0.05) is 13.0 Å². The third-order valence-corrected chi connectivity index (χ3v) is 6.28. The molecule has 136 valence electrons. The maximum atomic E-state index is 13.1. The van der Waals surface area contributed by atoms with E-state index in [9.17, 15) is 13.2 Å². The number of aryl methyl sites for hydroxylation is 2. The highest BCUT2D eigenvalue weighted by molar-refractivity contribution is 7.91. The number of pyridine rings is 1. The van der Waals surface area contributed by atoms with E-state index in [1.165, 1.54) is 25.4 Å². The largest absolute Gasteiger partial charge is 0.497 e. The van der Waals surface area contributed by atoms with E-state index >= 15 is 0 Å². The van der Waals surface area contributed by atoms with Gasteiger partial charge in [0.1, 0.15) is 10.6 Å². The van der Waals surface area contributed by atoms with Crippen molar-refractivity contribution in [3.63, 3.8) is 0 Å². The lowest BCUT2D eigenvalue weighted by Gasteiger charge is -2.13. The number of hydrogen-bond donors (Lipinski definition) is 0. The standard InChI is InChI=1S/C20H21NO4S/c1-4-14-6-11-18-17(12-14)20(22)19(13-21(18)5-2)26(23,24)16-9-7-15(25-3)8-10-16/h6-13H,4-5H2,1-3H3. The highest BCUT2D eigenvalue weighted by atomic mass is 32.2. The minimum Gasteiger partial charge on any atom is -0.497 e. The van der Waals surface area contributed by atoms with Crippen molar-refractivity contribution in [3.05, 3.63) is 64.4 Å². The van der Waals surface area contributed by atoms with Crippen molar-refractivity contribution in [1.29, 1.82) is 0 Å². The van der Waals surface area contributed by atoms with E-state index in [-0.39, 0.29) is 9.79 Å². The van der Waals surface area contributed by atoms with Crippen molar-refractivity contribution in [1.82, 2.24) is 4.57 Å². The summed E-state index contributed by atoms with van der Waals surface area (Å²) in [5, 5.41) is 0.431. The van der Waals surface area contributed by atoms with Gasteiger partial charge in [-0.3, -0.25) is 4.79 Å². The normalized spacial score (nSPS) is 11.7. The Bertz CT molecular complexity index is 1110. The molecule has 0 radical (unpaired) electrons. The second kappa shape index (κ2) is 6.96. The summed E-state index contributed by atoms with van der Waals surface area (Å²) in [5.74, 6) is 0.556. The number of rotatable bonds is 5. The van der Waals surface area contributed by atoms with Crippen LogP contribution in [0.5, 0.6) is 5.75 Å². The summed E-state index contributed by atoms with van der Waals surface area (Å²) >= 11 is 0. The van der Waals surface area contributed by atoms with E-state index in [0.717, 1.165) is 17.5 Å². The second-order valence-corrected chi connectivity index (χ2v) is 7.91. The van der Waals surface area contributed by atoms with Gasteiger partial charge in [-0.25, -0.2) is 8.42 Å². The van der Waals surface area contributed by atoms with E-state index in [1.807, 2.05) is 26.0 Å². The van der Waals surface area contributed by atoms with Gasteiger partial charge in [0.25, 0.3) is 0 Å². The third kappa shape index (κ3) is 3.01. The Morgan fingerprint density at radius 3 is 2.31 bits per heavy atom. The van der Waals surface area contributed by atoms with E-state index in [1.54, 1.807) is 22.8 Å². The van der Waals surface area contributed by atoms with E-state index in [0.29, 0.717) is 17.7 Å². The molecular formula is C20H21NO4S. The highest BCUT2D eigenvalue weighted by Crippen LogP contribution is 2.23. The van der Waals surface area contributed by atoms with Gasteiger partial charge in [0.15, 0.2) is 0 Å². The first-order chi connectivity index (χ1) is 12.4. The molecule has 0 saturated carbocycles. The molecule has 0 amide bonds. The van der Waals surface area contributed by atoms with Crippen LogP contribution in [-0.4, -0.2) is 20.1 Å². The summed E-state index contributed by atoms with van der Waals surface area (Å²) in [6.45, 7) is 4.48. The average molecular weight is 371 g/mol. The highest BCUT2D eigenvalue weighted by Gasteiger charge is 2.23. The van der Waals surface area contributed by atoms with Gasteiger partial charge < -0.3 is 9.30 Å². The molecule has 3 rings (SSSR count). The van der Waals surface area contributed by atoms with Crippen molar-refractivity contribution < 1.29 is 13.2 Å². The number of benzene rings is 2. The molecule has 1 aromatic heterocycles. The molecule has 1 heterocycles. The molecule has 6 heteroatoms. The van der Waals surface area contributed by atoms with Gasteiger partial charge in [0.2, 0.25) is 15.3 Å². The molecule has 2 aromatic carbocycles. The van der Waals surface area contributed by atoms with Crippen LogP contribution < -0.4 is 10.2 Å². The molecule has 0 unspecified atom stereocenters. The Morgan fingerprint density at radius 2 is 1.73 bits per heavy atom. The number of methoxy groups -OCH3 is 1. The molecule has 0 atom stereocenters. The van der Waals surface area contributed by atoms with Crippen molar-refractivity contribution in [2.75, 3.05) is 7.11 Å². The molecule has 0 spiro atoms. The Labute approximate surface area is 152 Å². The first-order valence-corrected chi connectivity index (χ1v) is 9.96. The predicted octanol–water partition coefficient (Wildman–Crippen LogP) is 3.43. The summed E-state index contributed by atoms with van der Waals surface area (Å²) in [7, 11) is -2.42. The summed E-state index contributed by atoms with van der Waals surface area (Å²) in [6, 6.07) is 11.7. The Hall–Kier alpha value is -2.60. The number of sulfone groups is 1. The smallest absolute Gasteiger partial charge is 0.211 e. The van der Waals surface area contributed by atoms with Crippen molar-refractivity contribution >= 4 is 20.7 Å². The van der Waals surface area contributed by atoms with E-state index in [4.69, 9.17) is 4.74 Å². The topological polar surface area (TPSA) is 65.4 Å². The molecule has 3 aromatic rings. The van der Waals surface area contributed by atoms with Gasteiger partial charge in [-0.2, -0.15) is 0 Å². The van der Waals surface area contributed by atoms with Gasteiger partial charge in [-0.05, 0) is 55.3 Å². The van der Waals surface area contributed by atoms with Crippen LogP contribution in [0.1, 0.15) is 19.4 Å². The van der Waals surface area contributed by atoms with Gasteiger partial charge >= 0.3 is 0 Å². The monoisotopic (exact) mass is 371 g/mol. The van der Waals surface area contributed by atoms with Gasteiger partial charge in [-0.15, -0.1) is 0 Å². The van der Waals surface area contributed by atoms with Crippen LogP contribution in [-0.2, 0) is 22.8 Å². The van der Waals surface area contributed by atoms with Gasteiger partial charge in [0.05, 0.1) is 17.5 Å². The van der Waals surface area contributed by atoms with Crippen molar-refractivity contribution in [2.45, 2.75) is 36.6 Å². The fraction of sp³-hybridized carbons (Fsp3) is 0.250. The first-order valence-electron chi connectivity index (χ1n) is 8.47. The maximum Gasteiger partial charge on any atom is 0.211 e. The lowest BCUT2D eigenvalue weighted by atomic mass is 10.1. The van der Waals surface area contributed by atoms with Crippen LogP contribution in [0.2, 0.25) is 0 Å². The molecule has 0 aliphatic carbocycles. The van der Waals surface area contributed by atoms with Crippen LogP contribution in [0.15, 0.2) is 63.2 Å². The third-order valence-electron chi connectivity index (χ3n) is 4.52. The maximum absolute atomic E-state index is 13.1. The molecule has 0 aliphatic heterocycles. The lowest BCUT2D eigenvalue weighted by Crippen LogP contribution is -2.19. The summed E-state index contributed by atoms with van der Waals surface area (Å²) in [5.41, 5.74) is 1.27. The Morgan fingerprint density at radius 1 is 1.04 bits per heavy atom. The number of ether oxygens (including phenoxy) is 1. The summed E-state index contributed by atoms with van der Waals surface area (Å²) in [6.07, 6.45) is 2.22. The molecule has 26 heavy (non-hydrogen) atoms. The SMILES string of the molecule is CCc1ccc2c(c1)c(=O)c(S(=O)(=O)c1ccc(OC)cc1)cn2CC. The van der Waals surface area contributed by atoms with E-state index in [2.05, 4.69) is 0 Å². The fourth-order valence-corrected chi connectivity index (χ4v) is 4.34. The van der Waals surface area contributed by atoms with Crippen LogP contribution >= 0.6 is 0 Å². The van der Waals surface area contributed by atoms with E-state index < -0.39 is 15.3 Å². The zero-order valence-corrected chi connectivity index (χ0v) is 15.8. The molecule has 0 N–H and O–H groups in total. The molecule has 0 fully saturated rings. The van der Waals surface area contributed by atoms with Crippen LogP contribution in [0, 0.1) is 0 Å². The number of aromatic nitrogens is 1. The molecule has 5 nitrogen and oxygen atoms in total. The zero-order valence-electron chi connectivity index (χ0n) is 15.0. The zero-order chi connectivity index (χ0) is 18.9. The average Bonchev–Trinajstić information content (AvgIpc) is 2.68. The number of nitrogens with zero attached hydrogens (tertiary/aromatic N) is 1. The van der Waals surface area contributed by atoms with Crippen molar-refractivity contribution in [2.24, 2.45) is 0 Å².